The molecule has 0 spiro atoms. The highest BCUT2D eigenvalue weighted by Crippen LogP contribution is 2.55. The van der Waals surface area contributed by atoms with Crippen molar-refractivity contribution in [2.24, 2.45) is 17.8 Å². The van der Waals surface area contributed by atoms with E-state index in [2.05, 4.69) is 10.6 Å². The lowest BCUT2D eigenvalue weighted by molar-refractivity contribution is -0.245. The lowest BCUT2D eigenvalue weighted by atomic mass is 9.53. The molecule has 4 aliphatic carbocycles. The molecule has 3 aromatic rings. The van der Waals surface area contributed by atoms with Gasteiger partial charge in [-0.2, -0.15) is 0 Å². The van der Waals surface area contributed by atoms with E-state index in [1.807, 2.05) is 60.7 Å². The van der Waals surface area contributed by atoms with Crippen LogP contribution in [0.3, 0.4) is 0 Å². The van der Waals surface area contributed by atoms with E-state index < -0.39 is 12.3 Å². The lowest BCUT2D eigenvalue weighted by Gasteiger charge is -2.56. The molecule has 2 amide bonds. The average molecular weight is 629 g/mol. The Morgan fingerprint density at radius 1 is 0.844 bits per heavy atom. The van der Waals surface area contributed by atoms with Crippen molar-refractivity contribution in [3.63, 3.8) is 0 Å². The third-order valence-corrected chi connectivity index (χ3v) is 11.1. The van der Waals surface area contributed by atoms with Crippen LogP contribution < -0.4 is 10.6 Å². The molecular weight excluding hydrogens is 588 g/mol. The Kier molecular flexibility index (Phi) is 8.61. The number of aliphatic hydroxyl groups is 1. The smallest absolute Gasteiger partial charge is 0.335 e. The van der Waals surface area contributed by atoms with Crippen LogP contribution in [0.5, 0.6) is 0 Å². The fourth-order valence-corrected chi connectivity index (χ4v) is 9.26. The molecule has 0 radical (unpaired) electrons. The van der Waals surface area contributed by atoms with E-state index in [1.54, 1.807) is 23.9 Å². The van der Waals surface area contributed by atoms with Crippen molar-refractivity contribution in [1.29, 1.82) is 0 Å². The van der Waals surface area contributed by atoms with E-state index >= 15 is 0 Å². The third kappa shape index (κ3) is 6.92. The molecule has 4 bridgehead atoms. The van der Waals surface area contributed by atoms with Crippen molar-refractivity contribution in [2.75, 3.05) is 11.1 Å². The number of nitrogens with one attached hydrogen (secondary N) is 2. The second-order valence-electron chi connectivity index (χ2n) is 13.4. The van der Waals surface area contributed by atoms with Gasteiger partial charge in [-0.05, 0) is 104 Å². The largest absolute Gasteiger partial charge is 0.478 e. The predicted octanol–water partition coefficient (Wildman–Crippen LogP) is 7.31. The molecule has 8 nitrogen and oxygen atoms in total. The predicted molar refractivity (Wildman–Crippen MR) is 172 cm³/mol. The van der Waals surface area contributed by atoms with Gasteiger partial charge >= 0.3 is 12.0 Å². The summed E-state index contributed by atoms with van der Waals surface area (Å²) in [5.41, 5.74) is 3.55. The van der Waals surface area contributed by atoms with E-state index in [4.69, 9.17) is 9.47 Å². The monoisotopic (exact) mass is 628 g/mol. The normalized spacial score (nSPS) is 30.2. The molecule has 236 valence electrons. The standard InChI is InChI=1S/C36H40N2O6S/c39-20-22-4-6-26(7-5-22)32-16-30(21-45-31-10-8-27(9-11-31)33(40)41)43-34(44-32)28-2-1-3-29(15-28)37-35(42)38-36-17-23-12-24(18-36)14-25(13-23)19-36/h1-11,15,23-25,30,32,34,39H,12-14,16-21H2,(H,40,41)(H2,37,38,42)/t23?,24?,25?,30-,32+,34+,36?/m0/s1. The van der Waals surface area contributed by atoms with Crippen LogP contribution in [0, 0.1) is 17.8 Å². The number of carbonyl (C=O) groups is 2. The number of carboxylic acid groups (broad SMARTS) is 1. The Labute approximate surface area is 267 Å². The van der Waals surface area contributed by atoms with Gasteiger partial charge in [0.05, 0.1) is 24.4 Å². The fourth-order valence-electron chi connectivity index (χ4n) is 8.34. The minimum atomic E-state index is -0.945. The maximum Gasteiger partial charge on any atom is 0.335 e. The Hall–Kier alpha value is -3.37. The van der Waals surface area contributed by atoms with Gasteiger partial charge in [0.1, 0.15) is 0 Å². The van der Waals surface area contributed by atoms with Crippen molar-refractivity contribution >= 4 is 29.4 Å². The minimum Gasteiger partial charge on any atom is -0.478 e. The SMILES string of the molecule is O=C(Nc1cccc([C@@H]2O[C@H](CSc3ccc(C(=O)O)cc3)C[C@H](c3ccc(CO)cc3)O2)c1)NC12CC3CC(CC(C3)C1)C2. The average Bonchev–Trinajstić information content (AvgIpc) is 3.03. The molecule has 0 aromatic heterocycles. The number of anilines is 1. The topological polar surface area (TPSA) is 117 Å². The number of rotatable bonds is 9. The Morgan fingerprint density at radius 3 is 2.18 bits per heavy atom. The number of thioether (sulfide) groups is 1. The minimum absolute atomic E-state index is 0.0201. The molecule has 8 rings (SSSR count). The fraction of sp³-hybridized carbons (Fsp3) is 0.444. The number of hydrogen-bond donors (Lipinski definition) is 4. The van der Waals surface area contributed by atoms with Crippen LogP contribution in [-0.2, 0) is 16.1 Å². The number of amides is 2. The molecule has 9 heteroatoms. The number of aliphatic hydroxyl groups excluding tert-OH is 1. The molecule has 4 N–H and O–H groups in total. The van der Waals surface area contributed by atoms with Crippen molar-refractivity contribution in [3.05, 3.63) is 95.1 Å². The lowest BCUT2D eigenvalue weighted by Crippen LogP contribution is -2.60. The highest BCUT2D eigenvalue weighted by molar-refractivity contribution is 7.99. The summed E-state index contributed by atoms with van der Waals surface area (Å²) >= 11 is 1.61. The first-order valence-corrected chi connectivity index (χ1v) is 17.0. The van der Waals surface area contributed by atoms with E-state index in [1.165, 1.54) is 19.3 Å². The Balaban J connectivity index is 1.05. The van der Waals surface area contributed by atoms with E-state index in [-0.39, 0.29) is 35.9 Å². The molecule has 45 heavy (non-hydrogen) atoms. The second-order valence-corrected chi connectivity index (χ2v) is 14.5. The number of hydrogen-bond acceptors (Lipinski definition) is 6. The number of benzene rings is 3. The maximum atomic E-state index is 13.3. The van der Waals surface area contributed by atoms with Crippen molar-refractivity contribution in [2.45, 2.75) is 80.5 Å². The number of carboxylic acids is 1. The van der Waals surface area contributed by atoms with Gasteiger partial charge in [0.15, 0.2) is 6.29 Å². The van der Waals surface area contributed by atoms with Gasteiger partial charge in [0.25, 0.3) is 0 Å². The summed E-state index contributed by atoms with van der Waals surface area (Å²) in [6.07, 6.45) is 6.90. The van der Waals surface area contributed by atoms with Gasteiger partial charge in [-0.15, -0.1) is 11.8 Å². The quantitative estimate of drug-likeness (QED) is 0.184. The number of aromatic carboxylic acids is 1. The zero-order chi connectivity index (χ0) is 31.0. The zero-order valence-corrected chi connectivity index (χ0v) is 26.0. The van der Waals surface area contributed by atoms with Crippen LogP contribution in [0.2, 0.25) is 0 Å². The van der Waals surface area contributed by atoms with Crippen LogP contribution >= 0.6 is 11.8 Å². The van der Waals surface area contributed by atoms with E-state index in [0.717, 1.165) is 58.6 Å². The highest BCUT2D eigenvalue weighted by atomic mass is 32.2. The first kappa shape index (κ1) is 30.3. The first-order valence-electron chi connectivity index (χ1n) is 16.0. The molecule has 0 unspecified atom stereocenters. The van der Waals surface area contributed by atoms with Crippen LogP contribution in [0.25, 0.3) is 0 Å². The highest BCUT2D eigenvalue weighted by Gasteiger charge is 2.51. The number of carbonyl (C=O) groups excluding carboxylic acids is 1. The van der Waals surface area contributed by atoms with Crippen LogP contribution in [0.15, 0.2) is 77.7 Å². The van der Waals surface area contributed by atoms with Crippen molar-refractivity contribution in [3.8, 4) is 0 Å². The maximum absolute atomic E-state index is 13.3. The van der Waals surface area contributed by atoms with Gasteiger partial charge in [0.2, 0.25) is 0 Å². The van der Waals surface area contributed by atoms with Crippen LogP contribution in [-0.4, -0.2) is 39.6 Å². The molecule has 5 fully saturated rings. The molecule has 1 heterocycles. The van der Waals surface area contributed by atoms with E-state index in [9.17, 15) is 19.8 Å². The molecule has 3 aromatic carbocycles. The summed E-state index contributed by atoms with van der Waals surface area (Å²) in [6, 6.07) is 22.2. The molecule has 1 aliphatic heterocycles. The van der Waals surface area contributed by atoms with Crippen LogP contribution in [0.4, 0.5) is 10.5 Å². The third-order valence-electron chi connectivity index (χ3n) is 9.99. The van der Waals surface area contributed by atoms with Crippen LogP contribution in [0.1, 0.15) is 84.4 Å². The zero-order valence-electron chi connectivity index (χ0n) is 25.2. The summed E-state index contributed by atoms with van der Waals surface area (Å²) < 4.78 is 13.0. The molecule has 4 saturated carbocycles. The molecular formula is C36H40N2O6S. The van der Waals surface area contributed by atoms with E-state index in [0.29, 0.717) is 17.9 Å². The summed E-state index contributed by atoms with van der Waals surface area (Å²) in [7, 11) is 0. The molecule has 1 saturated heterocycles. The van der Waals surface area contributed by atoms with Gasteiger partial charge in [-0.25, -0.2) is 9.59 Å². The summed E-state index contributed by atoms with van der Waals surface area (Å²) in [5.74, 6) is 1.97. The Morgan fingerprint density at radius 2 is 1.53 bits per heavy atom. The Bertz CT molecular complexity index is 1490. The van der Waals surface area contributed by atoms with Crippen molar-refractivity contribution < 1.29 is 29.3 Å². The number of ether oxygens (including phenoxy) is 2. The van der Waals surface area contributed by atoms with Gasteiger partial charge in [-0.3, -0.25) is 0 Å². The summed E-state index contributed by atoms with van der Waals surface area (Å²) in [5, 5.41) is 25.2. The van der Waals surface area contributed by atoms with Gasteiger partial charge < -0.3 is 30.3 Å². The number of urea groups is 1. The first-order chi connectivity index (χ1) is 21.8. The second kappa shape index (κ2) is 12.8. The van der Waals surface area contributed by atoms with Crippen molar-refractivity contribution in [1.82, 2.24) is 5.32 Å². The summed E-state index contributed by atoms with van der Waals surface area (Å²) in [4.78, 5) is 25.5. The summed E-state index contributed by atoms with van der Waals surface area (Å²) in [6.45, 7) is -0.0201. The van der Waals surface area contributed by atoms with Gasteiger partial charge in [-0.1, -0.05) is 36.4 Å². The van der Waals surface area contributed by atoms with Gasteiger partial charge in [0, 0.05) is 33.9 Å². The molecule has 5 aliphatic rings. The molecule has 3 atom stereocenters.